The molecule has 0 spiro atoms. The summed E-state index contributed by atoms with van der Waals surface area (Å²) in [5, 5.41) is 19.2. The van der Waals surface area contributed by atoms with Crippen LogP contribution < -0.4 is 10.6 Å². The van der Waals surface area contributed by atoms with Crippen LogP contribution in [0.1, 0.15) is 6.42 Å². The van der Waals surface area contributed by atoms with Gasteiger partial charge in [0.15, 0.2) is 5.65 Å². The zero-order valence-electron chi connectivity index (χ0n) is 14.8. The second-order valence-corrected chi connectivity index (χ2v) is 6.09. The zero-order chi connectivity index (χ0) is 18.6. The van der Waals surface area contributed by atoms with Crippen molar-refractivity contribution in [2.24, 2.45) is 7.05 Å². The van der Waals surface area contributed by atoms with Crippen LogP contribution in [0.4, 0.5) is 17.2 Å². The average molecular weight is 358 g/mol. The van der Waals surface area contributed by atoms with Crippen LogP contribution in [0, 0.1) is 11.3 Å². The number of aromatic nitrogens is 5. The number of anilines is 3. The molecule has 3 N–H and O–H groups in total. The fraction of sp³-hybridized carbons (Fsp3) is 0.158. The molecule has 0 atom stereocenters. The number of hydrogen-bond donors (Lipinski definition) is 3. The first-order valence-corrected chi connectivity index (χ1v) is 8.54. The maximum Gasteiger partial charge on any atom is 0.156 e. The van der Waals surface area contributed by atoms with Gasteiger partial charge in [0.25, 0.3) is 0 Å². The summed E-state index contributed by atoms with van der Waals surface area (Å²) in [7, 11) is 1.86. The highest BCUT2D eigenvalue weighted by Gasteiger charge is 2.10. The minimum Gasteiger partial charge on any atom is -0.384 e. The van der Waals surface area contributed by atoms with Crippen molar-refractivity contribution in [1.82, 2.24) is 24.7 Å². The molecule has 4 rings (SSSR count). The first kappa shape index (κ1) is 16.6. The van der Waals surface area contributed by atoms with Crippen LogP contribution in [0.5, 0.6) is 0 Å². The van der Waals surface area contributed by atoms with E-state index in [0.717, 1.165) is 33.7 Å². The van der Waals surface area contributed by atoms with E-state index >= 15 is 0 Å². The molecule has 134 valence electrons. The molecule has 0 aliphatic carbocycles. The fourth-order valence-electron chi connectivity index (χ4n) is 2.84. The van der Waals surface area contributed by atoms with Crippen LogP contribution in [0.25, 0.3) is 22.3 Å². The monoisotopic (exact) mass is 358 g/mol. The van der Waals surface area contributed by atoms with E-state index < -0.39 is 0 Å². The molecule has 0 bridgehead atoms. The normalized spacial score (nSPS) is 10.7. The molecule has 0 saturated carbocycles. The van der Waals surface area contributed by atoms with Crippen molar-refractivity contribution >= 4 is 28.4 Å². The first-order valence-electron chi connectivity index (χ1n) is 8.54. The molecule has 3 heterocycles. The molecule has 4 aromatic rings. The summed E-state index contributed by atoms with van der Waals surface area (Å²) in [6.07, 6.45) is 7.70. The Morgan fingerprint density at radius 2 is 2.04 bits per heavy atom. The van der Waals surface area contributed by atoms with Crippen LogP contribution in [0.2, 0.25) is 0 Å². The van der Waals surface area contributed by atoms with Gasteiger partial charge in [0.05, 0.1) is 30.6 Å². The van der Waals surface area contributed by atoms with Crippen molar-refractivity contribution in [3.8, 4) is 17.2 Å². The minimum absolute atomic E-state index is 0.479. The van der Waals surface area contributed by atoms with Gasteiger partial charge in [-0.2, -0.15) is 10.4 Å². The van der Waals surface area contributed by atoms with Gasteiger partial charge in [0.2, 0.25) is 0 Å². The van der Waals surface area contributed by atoms with E-state index in [1.165, 1.54) is 0 Å². The number of aromatic amines is 1. The van der Waals surface area contributed by atoms with Crippen molar-refractivity contribution in [3.63, 3.8) is 0 Å². The number of nitrogens with zero attached hydrogens (tertiary/aromatic N) is 5. The number of nitrogens with one attached hydrogen (secondary N) is 3. The lowest BCUT2D eigenvalue weighted by Gasteiger charge is -2.06. The average Bonchev–Trinajstić information content (AvgIpc) is 3.28. The number of nitriles is 1. The maximum atomic E-state index is 8.61. The number of aryl methyl sites for hydroxylation is 1. The highest BCUT2D eigenvalue weighted by atomic mass is 15.3. The van der Waals surface area contributed by atoms with Gasteiger partial charge >= 0.3 is 0 Å². The van der Waals surface area contributed by atoms with Crippen LogP contribution >= 0.6 is 0 Å². The molecular weight excluding hydrogens is 340 g/mol. The number of benzene rings is 1. The van der Waals surface area contributed by atoms with Gasteiger partial charge in [-0.1, -0.05) is 12.1 Å². The highest BCUT2D eigenvalue weighted by molar-refractivity contribution is 5.91. The van der Waals surface area contributed by atoms with Crippen molar-refractivity contribution in [1.29, 1.82) is 5.26 Å². The number of H-pyrrole nitrogens is 1. The Labute approximate surface area is 155 Å². The molecule has 1 aromatic carbocycles. The summed E-state index contributed by atoms with van der Waals surface area (Å²) in [5.74, 6) is 0.658. The smallest absolute Gasteiger partial charge is 0.156 e. The van der Waals surface area contributed by atoms with Crippen LogP contribution in [-0.4, -0.2) is 31.3 Å². The molecule has 8 nitrogen and oxygen atoms in total. The van der Waals surface area contributed by atoms with E-state index in [1.54, 1.807) is 17.1 Å². The minimum atomic E-state index is 0.479. The van der Waals surface area contributed by atoms with Gasteiger partial charge < -0.3 is 15.6 Å². The topological polar surface area (TPSA) is 107 Å². The predicted molar refractivity (Wildman–Crippen MR) is 105 cm³/mol. The standard InChI is InChI=1S/C19H18N8/c1-27-12-15(9-24-27)25-17-11-23-19-18(26-17)16(10-22-19)13-3-5-14(6-4-13)21-8-2-7-20/h3-6,9-12,21H,2,8H2,1H3,(H,22,23)(H,25,26). The third kappa shape index (κ3) is 3.57. The predicted octanol–water partition coefficient (Wildman–Crippen LogP) is 3.43. The van der Waals surface area contributed by atoms with Gasteiger partial charge in [-0.15, -0.1) is 0 Å². The molecule has 3 aromatic heterocycles. The molecule has 0 radical (unpaired) electrons. The van der Waals surface area contributed by atoms with Crippen molar-refractivity contribution < 1.29 is 0 Å². The van der Waals surface area contributed by atoms with E-state index in [-0.39, 0.29) is 0 Å². The number of fused-ring (bicyclic) bond motifs is 1. The van der Waals surface area contributed by atoms with Crippen LogP contribution in [0.3, 0.4) is 0 Å². The SMILES string of the molecule is Cn1cc(Nc2cnc3[nH]cc(-c4ccc(NCCC#N)cc4)c3n2)cn1. The summed E-state index contributed by atoms with van der Waals surface area (Å²) < 4.78 is 1.72. The summed E-state index contributed by atoms with van der Waals surface area (Å²) in [5.41, 5.74) is 5.40. The van der Waals surface area contributed by atoms with Gasteiger partial charge in [-0.25, -0.2) is 9.97 Å². The van der Waals surface area contributed by atoms with Crippen molar-refractivity contribution in [2.75, 3.05) is 17.2 Å². The number of rotatable bonds is 6. The summed E-state index contributed by atoms with van der Waals surface area (Å²) in [6.45, 7) is 0.637. The largest absolute Gasteiger partial charge is 0.384 e. The molecule has 27 heavy (non-hydrogen) atoms. The Bertz CT molecular complexity index is 1100. The molecule has 8 heteroatoms. The lowest BCUT2D eigenvalue weighted by molar-refractivity contribution is 0.768. The van der Waals surface area contributed by atoms with Crippen LogP contribution in [-0.2, 0) is 7.05 Å². The quantitative estimate of drug-likeness (QED) is 0.456. The molecule has 0 unspecified atom stereocenters. The molecule has 0 fully saturated rings. The van der Waals surface area contributed by atoms with Gasteiger partial charge in [-0.3, -0.25) is 4.68 Å². The lowest BCUT2D eigenvalue weighted by Crippen LogP contribution is -1.99. The van der Waals surface area contributed by atoms with Crippen LogP contribution in [0.15, 0.2) is 49.1 Å². The molecular formula is C19H18N8. The van der Waals surface area contributed by atoms with Gasteiger partial charge in [0.1, 0.15) is 11.3 Å². The van der Waals surface area contributed by atoms with E-state index in [1.807, 2.05) is 43.7 Å². The zero-order valence-corrected chi connectivity index (χ0v) is 14.8. The Hall–Kier alpha value is -3.86. The third-order valence-corrected chi connectivity index (χ3v) is 4.12. The van der Waals surface area contributed by atoms with E-state index in [4.69, 9.17) is 10.2 Å². The van der Waals surface area contributed by atoms with Gasteiger partial charge in [-0.05, 0) is 17.7 Å². The summed E-state index contributed by atoms with van der Waals surface area (Å²) in [4.78, 5) is 12.3. The Morgan fingerprint density at radius 1 is 1.19 bits per heavy atom. The highest BCUT2D eigenvalue weighted by Crippen LogP contribution is 2.28. The molecule has 0 aliphatic heterocycles. The van der Waals surface area contributed by atoms with E-state index in [2.05, 4.69) is 31.8 Å². The van der Waals surface area contributed by atoms with Gasteiger partial charge in [0, 0.05) is 37.2 Å². The Kier molecular flexibility index (Phi) is 4.41. The second kappa shape index (κ2) is 7.17. The molecule has 0 aliphatic rings. The van der Waals surface area contributed by atoms with E-state index in [0.29, 0.717) is 18.8 Å². The van der Waals surface area contributed by atoms with Crippen molar-refractivity contribution in [2.45, 2.75) is 6.42 Å². The molecule has 0 amide bonds. The Balaban J connectivity index is 1.60. The second-order valence-electron chi connectivity index (χ2n) is 6.09. The fourth-order valence-corrected chi connectivity index (χ4v) is 2.84. The van der Waals surface area contributed by atoms with Crippen molar-refractivity contribution in [3.05, 3.63) is 49.1 Å². The Morgan fingerprint density at radius 3 is 2.78 bits per heavy atom. The molecule has 0 saturated heterocycles. The van der Waals surface area contributed by atoms with E-state index in [9.17, 15) is 0 Å². The summed E-state index contributed by atoms with van der Waals surface area (Å²) >= 11 is 0. The lowest BCUT2D eigenvalue weighted by atomic mass is 10.1. The third-order valence-electron chi connectivity index (χ3n) is 4.12. The first-order chi connectivity index (χ1) is 13.2. The maximum absolute atomic E-state index is 8.61. The number of hydrogen-bond acceptors (Lipinski definition) is 6. The summed E-state index contributed by atoms with van der Waals surface area (Å²) in [6, 6.07) is 10.2.